The second-order valence-corrected chi connectivity index (χ2v) is 6.57. The van der Waals surface area contributed by atoms with Crippen molar-refractivity contribution in [3.05, 3.63) is 46.0 Å². The molecule has 8 heteroatoms. The van der Waals surface area contributed by atoms with Gasteiger partial charge in [0, 0.05) is 18.5 Å². The molecular weight excluding hydrogens is 354 g/mol. The van der Waals surface area contributed by atoms with Crippen LogP contribution in [0.15, 0.2) is 24.3 Å². The van der Waals surface area contributed by atoms with E-state index in [1.165, 1.54) is 0 Å². The number of thiazole rings is 1. The standard InChI is InChI=1S/C18H21N3O4S/c1-4-25-17(24)15-12(3)20-18(26-15)21-14(22)9-10-19-16(23)13-7-5-11(2)6-8-13/h5-8H,4,9-10H2,1-3H3,(H,19,23)(H,20,21,22). The summed E-state index contributed by atoms with van der Waals surface area (Å²) in [6, 6.07) is 7.18. The normalized spacial score (nSPS) is 10.3. The van der Waals surface area contributed by atoms with Crippen LogP contribution in [0.3, 0.4) is 0 Å². The second kappa shape index (κ2) is 9.10. The van der Waals surface area contributed by atoms with Crippen molar-refractivity contribution in [2.45, 2.75) is 27.2 Å². The van der Waals surface area contributed by atoms with Crippen molar-refractivity contribution in [1.82, 2.24) is 10.3 Å². The average Bonchev–Trinajstić information content (AvgIpc) is 2.96. The first-order valence-electron chi connectivity index (χ1n) is 8.20. The minimum Gasteiger partial charge on any atom is -0.462 e. The Morgan fingerprint density at radius 3 is 2.50 bits per heavy atom. The summed E-state index contributed by atoms with van der Waals surface area (Å²) in [6.45, 7) is 5.83. The molecule has 0 saturated carbocycles. The van der Waals surface area contributed by atoms with E-state index < -0.39 is 5.97 Å². The van der Waals surface area contributed by atoms with Crippen LogP contribution in [0.5, 0.6) is 0 Å². The predicted molar refractivity (Wildman–Crippen MR) is 99.6 cm³/mol. The lowest BCUT2D eigenvalue weighted by molar-refractivity contribution is -0.116. The van der Waals surface area contributed by atoms with Crippen LogP contribution in [0.2, 0.25) is 0 Å². The molecule has 0 bridgehead atoms. The number of ether oxygens (including phenoxy) is 1. The van der Waals surface area contributed by atoms with Crippen molar-refractivity contribution in [2.24, 2.45) is 0 Å². The quantitative estimate of drug-likeness (QED) is 0.725. The molecule has 2 rings (SSSR count). The van der Waals surface area contributed by atoms with E-state index in [0.717, 1.165) is 16.9 Å². The first kappa shape index (κ1) is 19.6. The van der Waals surface area contributed by atoms with Crippen molar-refractivity contribution in [2.75, 3.05) is 18.5 Å². The molecule has 26 heavy (non-hydrogen) atoms. The topological polar surface area (TPSA) is 97.4 Å². The number of rotatable bonds is 7. The van der Waals surface area contributed by atoms with Gasteiger partial charge in [0.25, 0.3) is 5.91 Å². The monoisotopic (exact) mass is 375 g/mol. The lowest BCUT2D eigenvalue weighted by Gasteiger charge is -2.05. The third-order valence-electron chi connectivity index (χ3n) is 3.46. The summed E-state index contributed by atoms with van der Waals surface area (Å²) in [7, 11) is 0. The first-order chi connectivity index (χ1) is 12.4. The number of amides is 2. The van der Waals surface area contributed by atoms with E-state index in [0.29, 0.717) is 21.3 Å². The molecule has 2 amide bonds. The largest absolute Gasteiger partial charge is 0.462 e. The Hall–Kier alpha value is -2.74. The maximum absolute atomic E-state index is 12.0. The van der Waals surface area contributed by atoms with Crippen LogP contribution < -0.4 is 10.6 Å². The maximum Gasteiger partial charge on any atom is 0.350 e. The first-order valence-corrected chi connectivity index (χ1v) is 9.01. The van der Waals surface area contributed by atoms with Gasteiger partial charge < -0.3 is 15.4 Å². The average molecular weight is 375 g/mol. The van der Waals surface area contributed by atoms with Crippen LogP contribution in [-0.2, 0) is 9.53 Å². The fourth-order valence-corrected chi connectivity index (χ4v) is 2.99. The van der Waals surface area contributed by atoms with Gasteiger partial charge in [-0.05, 0) is 32.9 Å². The zero-order chi connectivity index (χ0) is 19.1. The van der Waals surface area contributed by atoms with E-state index in [1.807, 2.05) is 19.1 Å². The predicted octanol–water partition coefficient (Wildman–Crippen LogP) is 2.70. The van der Waals surface area contributed by atoms with Gasteiger partial charge in [-0.3, -0.25) is 9.59 Å². The number of hydrogen-bond donors (Lipinski definition) is 2. The van der Waals surface area contributed by atoms with Gasteiger partial charge in [0.2, 0.25) is 5.91 Å². The smallest absolute Gasteiger partial charge is 0.350 e. The molecule has 7 nitrogen and oxygen atoms in total. The number of carbonyl (C=O) groups is 3. The van der Waals surface area contributed by atoms with Gasteiger partial charge in [0.05, 0.1) is 12.3 Å². The van der Waals surface area contributed by atoms with Crippen molar-refractivity contribution >= 4 is 34.3 Å². The maximum atomic E-state index is 12.0. The number of aromatic nitrogens is 1. The molecule has 0 aliphatic heterocycles. The molecule has 0 unspecified atom stereocenters. The van der Waals surface area contributed by atoms with Gasteiger partial charge in [-0.25, -0.2) is 9.78 Å². The van der Waals surface area contributed by atoms with Crippen molar-refractivity contribution < 1.29 is 19.1 Å². The molecule has 0 aliphatic rings. The third-order valence-corrected chi connectivity index (χ3v) is 4.51. The molecule has 0 radical (unpaired) electrons. The van der Waals surface area contributed by atoms with Crippen LogP contribution in [0, 0.1) is 13.8 Å². The number of esters is 1. The third kappa shape index (κ3) is 5.38. The lowest BCUT2D eigenvalue weighted by atomic mass is 10.1. The summed E-state index contributed by atoms with van der Waals surface area (Å²) in [5.74, 6) is -0.973. The number of nitrogens with one attached hydrogen (secondary N) is 2. The highest BCUT2D eigenvalue weighted by Gasteiger charge is 2.17. The Morgan fingerprint density at radius 1 is 1.15 bits per heavy atom. The summed E-state index contributed by atoms with van der Waals surface area (Å²) in [5.41, 5.74) is 2.13. The van der Waals surface area contributed by atoms with Gasteiger partial charge in [0.1, 0.15) is 4.88 Å². The van der Waals surface area contributed by atoms with Crippen LogP contribution >= 0.6 is 11.3 Å². The van der Waals surface area contributed by atoms with Gasteiger partial charge >= 0.3 is 5.97 Å². The van der Waals surface area contributed by atoms with E-state index in [9.17, 15) is 14.4 Å². The molecule has 138 valence electrons. The highest BCUT2D eigenvalue weighted by atomic mass is 32.1. The fourth-order valence-electron chi connectivity index (χ4n) is 2.11. The number of benzene rings is 1. The molecule has 1 aromatic heterocycles. The summed E-state index contributed by atoms with van der Waals surface area (Å²) >= 11 is 1.07. The molecule has 0 saturated heterocycles. The van der Waals surface area contributed by atoms with E-state index >= 15 is 0 Å². The molecule has 2 aromatic rings. The molecule has 0 spiro atoms. The van der Waals surface area contributed by atoms with E-state index in [1.54, 1.807) is 26.0 Å². The van der Waals surface area contributed by atoms with Crippen LogP contribution in [0.25, 0.3) is 0 Å². The van der Waals surface area contributed by atoms with Crippen LogP contribution in [-0.4, -0.2) is 35.9 Å². The van der Waals surface area contributed by atoms with Crippen LogP contribution in [0.4, 0.5) is 5.13 Å². The Labute approximate surface area is 155 Å². The SMILES string of the molecule is CCOC(=O)c1sc(NC(=O)CCNC(=O)c2ccc(C)cc2)nc1C. The summed E-state index contributed by atoms with van der Waals surface area (Å²) in [6.07, 6.45) is 0.102. The number of anilines is 1. The molecule has 0 fully saturated rings. The minimum absolute atomic E-state index is 0.102. The van der Waals surface area contributed by atoms with E-state index in [4.69, 9.17) is 4.74 Å². The number of hydrogen-bond acceptors (Lipinski definition) is 6. The van der Waals surface area contributed by atoms with Gasteiger partial charge in [-0.2, -0.15) is 0 Å². The highest BCUT2D eigenvalue weighted by Crippen LogP contribution is 2.23. The molecular formula is C18H21N3O4S. The summed E-state index contributed by atoms with van der Waals surface area (Å²) in [5, 5.41) is 5.66. The molecule has 2 N–H and O–H groups in total. The second-order valence-electron chi connectivity index (χ2n) is 5.57. The number of carbonyl (C=O) groups excluding carboxylic acids is 3. The van der Waals surface area contributed by atoms with Crippen LogP contribution in [0.1, 0.15) is 44.6 Å². The summed E-state index contributed by atoms with van der Waals surface area (Å²) < 4.78 is 4.94. The lowest BCUT2D eigenvalue weighted by Crippen LogP contribution is -2.27. The fraction of sp³-hybridized carbons (Fsp3) is 0.333. The molecule has 1 aromatic carbocycles. The Kier molecular flexibility index (Phi) is 6.85. The number of nitrogens with zero attached hydrogens (tertiary/aromatic N) is 1. The molecule has 1 heterocycles. The minimum atomic E-state index is -0.451. The number of aryl methyl sites for hydroxylation is 2. The zero-order valence-electron chi connectivity index (χ0n) is 14.9. The van der Waals surface area contributed by atoms with Gasteiger partial charge in [-0.15, -0.1) is 0 Å². The Morgan fingerprint density at radius 2 is 1.85 bits per heavy atom. The van der Waals surface area contributed by atoms with Gasteiger partial charge in [-0.1, -0.05) is 29.0 Å². The zero-order valence-corrected chi connectivity index (χ0v) is 15.7. The van der Waals surface area contributed by atoms with E-state index in [-0.39, 0.29) is 31.4 Å². The van der Waals surface area contributed by atoms with Crippen molar-refractivity contribution in [3.63, 3.8) is 0 Å². The van der Waals surface area contributed by atoms with Crippen molar-refractivity contribution in [3.8, 4) is 0 Å². The van der Waals surface area contributed by atoms with Crippen molar-refractivity contribution in [1.29, 1.82) is 0 Å². The molecule has 0 aliphatic carbocycles. The molecule has 0 atom stereocenters. The van der Waals surface area contributed by atoms with Gasteiger partial charge in [0.15, 0.2) is 5.13 Å². The Bertz CT molecular complexity index is 799. The highest BCUT2D eigenvalue weighted by molar-refractivity contribution is 7.17. The van der Waals surface area contributed by atoms with E-state index in [2.05, 4.69) is 15.6 Å². The summed E-state index contributed by atoms with van der Waals surface area (Å²) in [4.78, 5) is 40.2. The Balaban J connectivity index is 1.82.